The van der Waals surface area contributed by atoms with Crippen LogP contribution >= 0.6 is 0 Å². The zero-order chi connectivity index (χ0) is 20.4. The van der Waals surface area contributed by atoms with Crippen LogP contribution in [-0.2, 0) is 16.0 Å². The van der Waals surface area contributed by atoms with Gasteiger partial charge >= 0.3 is 6.16 Å². The average molecular weight is 388 g/mol. The van der Waals surface area contributed by atoms with Gasteiger partial charge in [-0.1, -0.05) is 12.1 Å². The minimum Gasteiger partial charge on any atom is -0.434 e. The van der Waals surface area contributed by atoms with Crippen LogP contribution in [0.3, 0.4) is 0 Å². The van der Waals surface area contributed by atoms with Gasteiger partial charge in [0.2, 0.25) is 5.91 Å². The number of amides is 2. The highest BCUT2D eigenvalue weighted by Gasteiger charge is 2.08. The maximum atomic E-state index is 12.8. The monoisotopic (exact) mass is 388 g/mol. The van der Waals surface area contributed by atoms with Crippen molar-refractivity contribution < 1.29 is 28.2 Å². The maximum Gasteiger partial charge on any atom is 0.513 e. The first-order chi connectivity index (χ1) is 13.5. The number of ether oxygens (including phenoxy) is 2. The normalized spacial score (nSPS) is 10.1. The molecule has 0 aromatic heterocycles. The van der Waals surface area contributed by atoms with Crippen molar-refractivity contribution in [1.29, 1.82) is 0 Å². The second kappa shape index (κ2) is 10.7. The fraction of sp³-hybridized carbons (Fsp3) is 0.250. The van der Waals surface area contributed by atoms with Crippen molar-refractivity contribution in [2.24, 2.45) is 0 Å². The molecule has 0 aliphatic rings. The molecule has 2 aromatic rings. The topological polar surface area (TPSA) is 93.7 Å². The number of nitrogens with one attached hydrogen (secondary N) is 2. The molecule has 0 fully saturated rings. The van der Waals surface area contributed by atoms with Gasteiger partial charge in [0.05, 0.1) is 13.0 Å². The SMILES string of the molecule is CCOC(=O)Oc1ccc(C(=O)NCCNC(=O)Cc2ccc(F)cc2)cc1. The Bertz CT molecular complexity index is 806. The third-order valence-electron chi connectivity index (χ3n) is 3.59. The van der Waals surface area contributed by atoms with E-state index < -0.39 is 6.16 Å². The summed E-state index contributed by atoms with van der Waals surface area (Å²) in [6.45, 7) is 2.38. The smallest absolute Gasteiger partial charge is 0.434 e. The van der Waals surface area contributed by atoms with Gasteiger partial charge < -0.3 is 20.1 Å². The lowest BCUT2D eigenvalue weighted by atomic mass is 10.1. The Balaban J connectivity index is 1.69. The van der Waals surface area contributed by atoms with E-state index in [0.717, 1.165) is 0 Å². The van der Waals surface area contributed by atoms with E-state index in [1.807, 2.05) is 0 Å². The molecule has 0 saturated heterocycles. The average Bonchev–Trinajstić information content (AvgIpc) is 2.67. The summed E-state index contributed by atoms with van der Waals surface area (Å²) in [5, 5.41) is 5.35. The number of hydrogen-bond donors (Lipinski definition) is 2. The molecule has 0 aliphatic heterocycles. The van der Waals surface area contributed by atoms with E-state index in [1.165, 1.54) is 36.4 Å². The molecule has 0 unspecified atom stereocenters. The van der Waals surface area contributed by atoms with Crippen LogP contribution in [0.2, 0.25) is 0 Å². The number of rotatable bonds is 8. The molecule has 2 aromatic carbocycles. The van der Waals surface area contributed by atoms with E-state index in [2.05, 4.69) is 15.4 Å². The van der Waals surface area contributed by atoms with E-state index in [1.54, 1.807) is 19.1 Å². The van der Waals surface area contributed by atoms with Gasteiger partial charge in [-0.15, -0.1) is 0 Å². The molecule has 2 amide bonds. The molecule has 8 heteroatoms. The van der Waals surface area contributed by atoms with E-state index in [-0.39, 0.29) is 49.5 Å². The molecule has 0 spiro atoms. The highest BCUT2D eigenvalue weighted by Crippen LogP contribution is 2.13. The zero-order valence-corrected chi connectivity index (χ0v) is 15.4. The highest BCUT2D eigenvalue weighted by atomic mass is 19.1. The Hall–Kier alpha value is -3.42. The molecule has 0 radical (unpaired) electrons. The van der Waals surface area contributed by atoms with Gasteiger partial charge in [0, 0.05) is 18.7 Å². The molecule has 148 valence electrons. The molecular formula is C20H21FN2O5. The van der Waals surface area contributed by atoms with E-state index >= 15 is 0 Å². The summed E-state index contributed by atoms with van der Waals surface area (Å²) >= 11 is 0. The van der Waals surface area contributed by atoms with Crippen molar-refractivity contribution in [3.8, 4) is 5.75 Å². The largest absolute Gasteiger partial charge is 0.513 e. The summed E-state index contributed by atoms with van der Waals surface area (Å²) in [6, 6.07) is 11.7. The Morgan fingerprint density at radius 1 is 0.929 bits per heavy atom. The van der Waals surface area contributed by atoms with Crippen molar-refractivity contribution in [2.75, 3.05) is 19.7 Å². The van der Waals surface area contributed by atoms with Crippen molar-refractivity contribution >= 4 is 18.0 Å². The Kier molecular flexibility index (Phi) is 7.95. The van der Waals surface area contributed by atoms with Crippen LogP contribution in [-0.4, -0.2) is 37.7 Å². The zero-order valence-electron chi connectivity index (χ0n) is 15.4. The first-order valence-electron chi connectivity index (χ1n) is 8.72. The van der Waals surface area contributed by atoms with Gasteiger partial charge in [0.1, 0.15) is 11.6 Å². The Morgan fingerprint density at radius 3 is 2.21 bits per heavy atom. The predicted molar refractivity (Wildman–Crippen MR) is 99.5 cm³/mol. The van der Waals surface area contributed by atoms with Crippen LogP contribution in [0, 0.1) is 5.82 Å². The van der Waals surface area contributed by atoms with Crippen LogP contribution in [0.4, 0.5) is 9.18 Å². The fourth-order valence-corrected chi connectivity index (χ4v) is 2.25. The van der Waals surface area contributed by atoms with Crippen molar-refractivity contribution in [3.63, 3.8) is 0 Å². The molecule has 0 aliphatic carbocycles. The lowest BCUT2D eigenvalue weighted by Crippen LogP contribution is -2.35. The fourth-order valence-electron chi connectivity index (χ4n) is 2.25. The second-order valence-electron chi connectivity index (χ2n) is 5.72. The summed E-state index contributed by atoms with van der Waals surface area (Å²) in [6.07, 6.45) is -0.674. The maximum absolute atomic E-state index is 12.8. The standard InChI is InChI=1S/C20H21FN2O5/c1-2-27-20(26)28-17-9-5-15(6-10-17)19(25)23-12-11-22-18(24)13-14-3-7-16(21)8-4-14/h3-10H,2,11-13H2,1H3,(H,22,24)(H,23,25). The minimum atomic E-state index is -0.809. The first-order valence-corrected chi connectivity index (χ1v) is 8.72. The summed E-state index contributed by atoms with van der Waals surface area (Å²) in [4.78, 5) is 35.1. The number of benzene rings is 2. The molecular weight excluding hydrogens is 367 g/mol. The van der Waals surface area contributed by atoms with Crippen molar-refractivity contribution in [2.45, 2.75) is 13.3 Å². The molecule has 0 bridgehead atoms. The van der Waals surface area contributed by atoms with Gasteiger partial charge in [-0.3, -0.25) is 9.59 Å². The Morgan fingerprint density at radius 2 is 1.57 bits per heavy atom. The lowest BCUT2D eigenvalue weighted by Gasteiger charge is -2.08. The highest BCUT2D eigenvalue weighted by molar-refractivity contribution is 5.94. The van der Waals surface area contributed by atoms with Crippen LogP contribution < -0.4 is 15.4 Å². The number of carbonyl (C=O) groups excluding carboxylic acids is 3. The van der Waals surface area contributed by atoms with Crippen molar-refractivity contribution in [3.05, 3.63) is 65.5 Å². The Labute approximate surface area is 161 Å². The van der Waals surface area contributed by atoms with Gasteiger partial charge in [0.25, 0.3) is 5.91 Å². The van der Waals surface area contributed by atoms with Crippen molar-refractivity contribution in [1.82, 2.24) is 10.6 Å². The summed E-state index contributed by atoms with van der Waals surface area (Å²) in [5.74, 6) is -0.632. The number of halogens is 1. The van der Waals surface area contributed by atoms with Gasteiger partial charge in [-0.05, 0) is 48.9 Å². The van der Waals surface area contributed by atoms with Gasteiger partial charge in [-0.2, -0.15) is 0 Å². The van der Waals surface area contributed by atoms with Crippen LogP contribution in [0.1, 0.15) is 22.8 Å². The summed E-state index contributed by atoms with van der Waals surface area (Å²) in [5.41, 5.74) is 1.09. The molecule has 0 atom stereocenters. The third kappa shape index (κ3) is 7.06. The molecule has 2 rings (SSSR count). The van der Waals surface area contributed by atoms with Crippen LogP contribution in [0.25, 0.3) is 0 Å². The number of hydrogen-bond acceptors (Lipinski definition) is 5. The van der Waals surface area contributed by atoms with Gasteiger partial charge in [0.15, 0.2) is 0 Å². The molecule has 0 saturated carbocycles. The second-order valence-corrected chi connectivity index (χ2v) is 5.72. The first kappa shape index (κ1) is 20.9. The lowest BCUT2D eigenvalue weighted by molar-refractivity contribution is -0.120. The van der Waals surface area contributed by atoms with E-state index in [9.17, 15) is 18.8 Å². The molecule has 28 heavy (non-hydrogen) atoms. The number of carbonyl (C=O) groups is 3. The minimum absolute atomic E-state index is 0.135. The van der Waals surface area contributed by atoms with E-state index in [0.29, 0.717) is 11.1 Å². The third-order valence-corrected chi connectivity index (χ3v) is 3.59. The van der Waals surface area contributed by atoms with E-state index in [4.69, 9.17) is 4.74 Å². The van der Waals surface area contributed by atoms with Crippen LogP contribution in [0.5, 0.6) is 5.75 Å². The van der Waals surface area contributed by atoms with Crippen LogP contribution in [0.15, 0.2) is 48.5 Å². The molecule has 0 heterocycles. The quantitative estimate of drug-likeness (QED) is 0.412. The molecule has 7 nitrogen and oxygen atoms in total. The summed E-state index contributed by atoms with van der Waals surface area (Å²) in [7, 11) is 0. The predicted octanol–water partition coefficient (Wildman–Crippen LogP) is 2.45. The van der Waals surface area contributed by atoms with Gasteiger partial charge in [-0.25, -0.2) is 9.18 Å². The summed E-state index contributed by atoms with van der Waals surface area (Å²) < 4.78 is 22.4. The molecule has 2 N–H and O–H groups in total.